The van der Waals surface area contributed by atoms with Crippen molar-refractivity contribution >= 4 is 23.3 Å². The second kappa shape index (κ2) is 11.0. The lowest BCUT2D eigenvalue weighted by molar-refractivity contribution is 0.198. The lowest BCUT2D eigenvalue weighted by Crippen LogP contribution is -2.39. The maximum absolute atomic E-state index is 12.5. The standard InChI is InChI=1S/C24H30N6O6/c1-5-25-23(31)30-7-6-14(13-30)10-28-24(32)36-19-12-27-22-20(19)29-16(11-26-22)15-8-17(33-2)21(35-4)18(9-15)34-3/h8-9,11-12,14H,5-7,10,13H2,1-4H3,(H,25,31)(H,26,27)(H,28,32). The Morgan fingerprint density at radius 1 is 1.11 bits per heavy atom. The Morgan fingerprint density at radius 3 is 2.53 bits per heavy atom. The van der Waals surface area contributed by atoms with Gasteiger partial charge < -0.3 is 39.5 Å². The number of ether oxygens (including phenoxy) is 4. The summed E-state index contributed by atoms with van der Waals surface area (Å²) in [5, 5.41) is 5.57. The maximum Gasteiger partial charge on any atom is 0.412 e. The average Bonchev–Trinajstić information content (AvgIpc) is 3.53. The van der Waals surface area contributed by atoms with Crippen molar-refractivity contribution in [3.05, 3.63) is 24.5 Å². The molecule has 192 valence electrons. The number of H-pyrrole nitrogens is 1. The minimum absolute atomic E-state index is 0.0807. The number of nitrogens with zero attached hydrogens (tertiary/aromatic N) is 3. The summed E-state index contributed by atoms with van der Waals surface area (Å²) in [6.07, 6.45) is 3.35. The van der Waals surface area contributed by atoms with Gasteiger partial charge in [0.05, 0.1) is 33.2 Å². The zero-order chi connectivity index (χ0) is 25.7. The van der Waals surface area contributed by atoms with Gasteiger partial charge in [-0.05, 0) is 31.4 Å². The SMILES string of the molecule is CCNC(=O)N1CCC(CNC(=O)Oc2c[nH]c3ncc(-c4cc(OC)c(OC)c(OC)c4)nc23)C1. The van der Waals surface area contributed by atoms with Crippen LogP contribution < -0.4 is 29.6 Å². The Kier molecular flexibility index (Phi) is 7.62. The maximum atomic E-state index is 12.5. The quantitative estimate of drug-likeness (QED) is 0.431. The third-order valence-corrected chi connectivity index (χ3v) is 5.95. The van der Waals surface area contributed by atoms with Gasteiger partial charge in [0, 0.05) is 37.9 Å². The van der Waals surface area contributed by atoms with Crippen molar-refractivity contribution in [3.63, 3.8) is 0 Å². The number of carbonyl (C=O) groups is 2. The normalized spacial score (nSPS) is 15.0. The van der Waals surface area contributed by atoms with Gasteiger partial charge in [-0.2, -0.15) is 0 Å². The van der Waals surface area contributed by atoms with E-state index in [4.69, 9.17) is 18.9 Å². The number of methoxy groups -OCH3 is 3. The average molecular weight is 499 g/mol. The highest BCUT2D eigenvalue weighted by atomic mass is 16.6. The molecule has 3 amide bonds. The molecular formula is C24H30N6O6. The van der Waals surface area contributed by atoms with Gasteiger partial charge in [0.15, 0.2) is 28.4 Å². The van der Waals surface area contributed by atoms with Gasteiger partial charge in [0.2, 0.25) is 5.75 Å². The lowest BCUT2D eigenvalue weighted by atomic mass is 10.1. The van der Waals surface area contributed by atoms with E-state index in [0.29, 0.717) is 65.8 Å². The zero-order valence-corrected chi connectivity index (χ0v) is 20.7. The van der Waals surface area contributed by atoms with Crippen LogP contribution in [0.4, 0.5) is 9.59 Å². The van der Waals surface area contributed by atoms with Crippen molar-refractivity contribution in [1.29, 1.82) is 0 Å². The number of fused-ring (bicyclic) bond motifs is 1. The summed E-state index contributed by atoms with van der Waals surface area (Å²) in [6, 6.07) is 3.45. The van der Waals surface area contributed by atoms with Crippen LogP contribution in [0.2, 0.25) is 0 Å². The third-order valence-electron chi connectivity index (χ3n) is 5.95. The molecule has 1 unspecified atom stereocenters. The van der Waals surface area contributed by atoms with Gasteiger partial charge in [0.1, 0.15) is 0 Å². The van der Waals surface area contributed by atoms with Crippen LogP contribution in [0.3, 0.4) is 0 Å². The van der Waals surface area contributed by atoms with Crippen molar-refractivity contribution in [2.45, 2.75) is 13.3 Å². The number of rotatable bonds is 8. The van der Waals surface area contributed by atoms with Crippen molar-refractivity contribution < 1.29 is 28.5 Å². The first kappa shape index (κ1) is 24.9. The van der Waals surface area contributed by atoms with Gasteiger partial charge in [-0.3, -0.25) is 0 Å². The fourth-order valence-corrected chi connectivity index (χ4v) is 4.13. The second-order valence-corrected chi connectivity index (χ2v) is 8.23. The van der Waals surface area contributed by atoms with E-state index >= 15 is 0 Å². The molecule has 0 saturated carbocycles. The summed E-state index contributed by atoms with van der Waals surface area (Å²) in [6.45, 7) is 4.11. The number of urea groups is 1. The molecule has 36 heavy (non-hydrogen) atoms. The molecule has 1 aliphatic heterocycles. The van der Waals surface area contributed by atoms with Crippen LogP contribution in [-0.4, -0.2) is 79.5 Å². The fraction of sp³-hybridized carbons (Fsp3) is 0.417. The van der Waals surface area contributed by atoms with Crippen molar-refractivity contribution in [3.8, 4) is 34.3 Å². The van der Waals surface area contributed by atoms with Crippen LogP contribution in [0.25, 0.3) is 22.4 Å². The van der Waals surface area contributed by atoms with Gasteiger partial charge >= 0.3 is 12.1 Å². The summed E-state index contributed by atoms with van der Waals surface area (Å²) in [5.74, 6) is 1.85. The third kappa shape index (κ3) is 5.21. The zero-order valence-electron chi connectivity index (χ0n) is 20.7. The van der Waals surface area contributed by atoms with Crippen LogP contribution in [0.5, 0.6) is 23.0 Å². The van der Waals surface area contributed by atoms with Gasteiger partial charge in [-0.25, -0.2) is 19.6 Å². The summed E-state index contributed by atoms with van der Waals surface area (Å²) in [7, 11) is 4.61. The second-order valence-electron chi connectivity index (χ2n) is 8.23. The topological polar surface area (TPSA) is 140 Å². The molecular weight excluding hydrogens is 468 g/mol. The summed E-state index contributed by atoms with van der Waals surface area (Å²) in [4.78, 5) is 38.2. The van der Waals surface area contributed by atoms with Crippen molar-refractivity contribution in [2.24, 2.45) is 5.92 Å². The van der Waals surface area contributed by atoms with Crippen LogP contribution in [-0.2, 0) is 0 Å². The Labute approximate surface area is 208 Å². The summed E-state index contributed by atoms with van der Waals surface area (Å²) in [5.41, 5.74) is 2.10. The Balaban J connectivity index is 1.45. The van der Waals surface area contributed by atoms with Gasteiger partial charge in [0.25, 0.3) is 0 Å². The number of nitrogens with one attached hydrogen (secondary N) is 3. The minimum Gasteiger partial charge on any atom is -0.493 e. The largest absolute Gasteiger partial charge is 0.493 e. The van der Waals surface area contributed by atoms with E-state index in [1.165, 1.54) is 27.5 Å². The first-order chi connectivity index (χ1) is 17.5. The number of hydrogen-bond acceptors (Lipinski definition) is 8. The van der Waals surface area contributed by atoms with E-state index in [9.17, 15) is 9.59 Å². The molecule has 12 nitrogen and oxygen atoms in total. The first-order valence-electron chi connectivity index (χ1n) is 11.6. The molecule has 3 heterocycles. The van der Waals surface area contributed by atoms with E-state index in [0.717, 1.165) is 6.42 Å². The predicted octanol–water partition coefficient (Wildman–Crippen LogP) is 2.79. The number of benzene rings is 1. The van der Waals surface area contributed by atoms with Crippen LogP contribution in [0, 0.1) is 5.92 Å². The summed E-state index contributed by atoms with van der Waals surface area (Å²) < 4.78 is 21.7. The van der Waals surface area contributed by atoms with E-state index < -0.39 is 6.09 Å². The van der Waals surface area contributed by atoms with Crippen LogP contribution >= 0.6 is 0 Å². The lowest BCUT2D eigenvalue weighted by Gasteiger charge is -2.16. The fourth-order valence-electron chi connectivity index (χ4n) is 4.13. The first-order valence-corrected chi connectivity index (χ1v) is 11.6. The number of amides is 3. The number of aromatic amines is 1. The predicted molar refractivity (Wildman–Crippen MR) is 132 cm³/mol. The van der Waals surface area contributed by atoms with Crippen LogP contribution in [0.1, 0.15) is 13.3 Å². The molecule has 3 N–H and O–H groups in total. The van der Waals surface area contributed by atoms with Crippen LogP contribution in [0.15, 0.2) is 24.5 Å². The number of carbonyl (C=O) groups excluding carboxylic acids is 2. The Hall–Kier alpha value is -4.22. The van der Waals surface area contributed by atoms with E-state index in [1.54, 1.807) is 23.2 Å². The molecule has 12 heteroatoms. The molecule has 1 aromatic carbocycles. The molecule has 3 aromatic rings. The molecule has 1 fully saturated rings. The highest BCUT2D eigenvalue weighted by molar-refractivity contribution is 5.84. The number of hydrogen-bond donors (Lipinski definition) is 3. The van der Waals surface area contributed by atoms with Gasteiger partial charge in [-0.1, -0.05) is 0 Å². The molecule has 2 aromatic heterocycles. The number of likely N-dealkylation sites (tertiary alicyclic amines) is 1. The Morgan fingerprint density at radius 2 is 1.86 bits per heavy atom. The molecule has 1 saturated heterocycles. The molecule has 4 rings (SSSR count). The van der Waals surface area contributed by atoms with E-state index in [2.05, 4.69) is 25.6 Å². The molecule has 0 bridgehead atoms. The molecule has 0 spiro atoms. The highest BCUT2D eigenvalue weighted by Crippen LogP contribution is 2.41. The Bertz CT molecular complexity index is 1220. The van der Waals surface area contributed by atoms with Crippen molar-refractivity contribution in [2.75, 3.05) is 47.5 Å². The molecule has 1 atom stereocenters. The van der Waals surface area contributed by atoms with E-state index in [-0.39, 0.29) is 17.7 Å². The van der Waals surface area contributed by atoms with Crippen molar-refractivity contribution in [1.82, 2.24) is 30.5 Å². The monoisotopic (exact) mass is 498 g/mol. The smallest absolute Gasteiger partial charge is 0.412 e. The molecule has 1 aliphatic rings. The summed E-state index contributed by atoms with van der Waals surface area (Å²) >= 11 is 0. The minimum atomic E-state index is -0.604. The molecule has 0 radical (unpaired) electrons. The van der Waals surface area contributed by atoms with E-state index in [1.807, 2.05) is 6.92 Å². The number of aromatic nitrogens is 3. The van der Waals surface area contributed by atoms with Gasteiger partial charge in [-0.15, -0.1) is 0 Å². The highest BCUT2D eigenvalue weighted by Gasteiger charge is 2.26. The molecule has 0 aliphatic carbocycles.